The second-order valence-corrected chi connectivity index (χ2v) is 6.45. The summed E-state index contributed by atoms with van der Waals surface area (Å²) in [4.78, 5) is 0. The minimum atomic E-state index is -0.621. The summed E-state index contributed by atoms with van der Waals surface area (Å²) in [5.41, 5.74) is 0. The Morgan fingerprint density at radius 1 is 1.27 bits per heavy atom. The van der Waals surface area contributed by atoms with Crippen LogP contribution < -0.4 is 5.32 Å². The molecule has 0 saturated heterocycles. The van der Waals surface area contributed by atoms with Crippen molar-refractivity contribution in [2.24, 2.45) is 5.92 Å². The summed E-state index contributed by atoms with van der Waals surface area (Å²) in [6.45, 7) is 3.40. The van der Waals surface area contributed by atoms with Crippen molar-refractivity contribution in [1.82, 2.24) is 5.32 Å². The Bertz CT molecular complexity index is 196. The lowest BCUT2D eigenvalue weighted by Gasteiger charge is -2.15. The van der Waals surface area contributed by atoms with Crippen LogP contribution >= 0.6 is 0 Å². The largest absolute Gasteiger partial charge is 0.314 e. The molecule has 1 saturated carbocycles. The standard InChI is InChI=1S/C12H25NOS/c1-11-5-3-6-12(8-7-11)13-9-4-10-15(2)14/h11-13H,3-10H2,1-2H3. The molecule has 0 aromatic heterocycles. The van der Waals surface area contributed by atoms with Gasteiger partial charge in [-0.1, -0.05) is 19.8 Å². The molecular formula is C12H25NOS. The van der Waals surface area contributed by atoms with E-state index in [2.05, 4.69) is 12.2 Å². The lowest BCUT2D eigenvalue weighted by molar-refractivity contribution is 0.449. The zero-order valence-electron chi connectivity index (χ0n) is 10.1. The minimum Gasteiger partial charge on any atom is -0.314 e. The lowest BCUT2D eigenvalue weighted by Crippen LogP contribution is -2.30. The average Bonchev–Trinajstić information content (AvgIpc) is 2.38. The highest BCUT2D eigenvalue weighted by Crippen LogP contribution is 2.22. The second-order valence-electron chi connectivity index (χ2n) is 4.90. The summed E-state index contributed by atoms with van der Waals surface area (Å²) >= 11 is 0. The van der Waals surface area contributed by atoms with Crippen molar-refractivity contribution in [1.29, 1.82) is 0 Å². The molecule has 0 aromatic rings. The number of rotatable bonds is 5. The first-order valence-electron chi connectivity index (χ1n) is 6.22. The van der Waals surface area contributed by atoms with E-state index in [1.165, 1.54) is 32.1 Å². The van der Waals surface area contributed by atoms with Crippen molar-refractivity contribution in [2.45, 2.75) is 51.5 Å². The fourth-order valence-electron chi connectivity index (χ4n) is 2.27. The van der Waals surface area contributed by atoms with Gasteiger partial charge in [-0.3, -0.25) is 4.21 Å². The highest BCUT2D eigenvalue weighted by atomic mass is 32.2. The van der Waals surface area contributed by atoms with Crippen LogP contribution in [0.4, 0.5) is 0 Å². The molecule has 15 heavy (non-hydrogen) atoms. The van der Waals surface area contributed by atoms with Crippen LogP contribution in [0.5, 0.6) is 0 Å². The third-order valence-electron chi connectivity index (χ3n) is 3.30. The molecule has 0 spiro atoms. The Morgan fingerprint density at radius 2 is 2.07 bits per heavy atom. The maximum Gasteiger partial charge on any atom is 0.0244 e. The Morgan fingerprint density at radius 3 is 2.80 bits per heavy atom. The molecular weight excluding hydrogens is 206 g/mol. The highest BCUT2D eigenvalue weighted by molar-refractivity contribution is 7.84. The first-order valence-corrected chi connectivity index (χ1v) is 7.94. The van der Waals surface area contributed by atoms with E-state index in [9.17, 15) is 4.21 Å². The highest BCUT2D eigenvalue weighted by Gasteiger charge is 2.14. The van der Waals surface area contributed by atoms with E-state index in [1.54, 1.807) is 6.26 Å². The van der Waals surface area contributed by atoms with Gasteiger partial charge in [0.05, 0.1) is 0 Å². The van der Waals surface area contributed by atoms with Crippen LogP contribution in [-0.4, -0.2) is 28.8 Å². The molecule has 3 atom stereocenters. The topological polar surface area (TPSA) is 29.1 Å². The van der Waals surface area contributed by atoms with E-state index in [1.807, 2.05) is 0 Å². The number of hydrogen-bond donors (Lipinski definition) is 1. The quantitative estimate of drug-likeness (QED) is 0.581. The first-order chi connectivity index (χ1) is 7.18. The predicted octanol–water partition coefficient (Wildman–Crippen LogP) is 2.31. The van der Waals surface area contributed by atoms with Gasteiger partial charge in [0.1, 0.15) is 0 Å². The molecule has 3 unspecified atom stereocenters. The molecule has 1 fully saturated rings. The van der Waals surface area contributed by atoms with Crippen molar-refractivity contribution in [3.05, 3.63) is 0 Å². The van der Waals surface area contributed by atoms with Crippen molar-refractivity contribution in [3.63, 3.8) is 0 Å². The average molecular weight is 231 g/mol. The molecule has 90 valence electrons. The van der Waals surface area contributed by atoms with Crippen molar-refractivity contribution < 1.29 is 4.21 Å². The summed E-state index contributed by atoms with van der Waals surface area (Å²) in [6, 6.07) is 0.722. The number of hydrogen-bond acceptors (Lipinski definition) is 2. The van der Waals surface area contributed by atoms with Crippen LogP contribution in [-0.2, 0) is 10.8 Å². The van der Waals surface area contributed by atoms with Crippen LogP contribution in [0.25, 0.3) is 0 Å². The van der Waals surface area contributed by atoms with Gasteiger partial charge in [0.15, 0.2) is 0 Å². The van der Waals surface area contributed by atoms with Crippen LogP contribution in [0.15, 0.2) is 0 Å². The Hall–Kier alpha value is 0.110. The first kappa shape index (κ1) is 13.2. The summed E-state index contributed by atoms with van der Waals surface area (Å²) in [5.74, 6) is 1.76. The zero-order valence-corrected chi connectivity index (χ0v) is 10.9. The SMILES string of the molecule is CC1CCCC(NCCCS(C)=O)CC1. The van der Waals surface area contributed by atoms with Crippen LogP contribution in [0, 0.1) is 5.92 Å². The van der Waals surface area contributed by atoms with Gasteiger partial charge in [0.2, 0.25) is 0 Å². The van der Waals surface area contributed by atoms with E-state index in [0.717, 1.165) is 30.7 Å². The van der Waals surface area contributed by atoms with Gasteiger partial charge in [-0.2, -0.15) is 0 Å². The molecule has 2 nitrogen and oxygen atoms in total. The fraction of sp³-hybridized carbons (Fsp3) is 1.00. The van der Waals surface area contributed by atoms with Gasteiger partial charge in [-0.25, -0.2) is 0 Å². The maximum absolute atomic E-state index is 10.9. The summed E-state index contributed by atoms with van der Waals surface area (Å²) in [6.07, 6.45) is 9.64. The van der Waals surface area contributed by atoms with E-state index in [4.69, 9.17) is 0 Å². The van der Waals surface area contributed by atoms with Gasteiger partial charge in [0.25, 0.3) is 0 Å². The Labute approximate surface area is 96.7 Å². The predicted molar refractivity (Wildman–Crippen MR) is 67.6 cm³/mol. The molecule has 1 aliphatic carbocycles. The van der Waals surface area contributed by atoms with Gasteiger partial charge in [-0.05, 0) is 38.1 Å². The third-order valence-corrected chi connectivity index (χ3v) is 4.16. The van der Waals surface area contributed by atoms with E-state index in [-0.39, 0.29) is 0 Å². The van der Waals surface area contributed by atoms with Gasteiger partial charge < -0.3 is 5.32 Å². The summed E-state index contributed by atoms with van der Waals surface area (Å²) < 4.78 is 10.9. The van der Waals surface area contributed by atoms with Crippen LogP contribution in [0.3, 0.4) is 0 Å². The molecule has 1 aliphatic rings. The van der Waals surface area contributed by atoms with Gasteiger partial charge in [0, 0.05) is 28.9 Å². The molecule has 1 rings (SSSR count). The normalized spacial score (nSPS) is 29.7. The smallest absolute Gasteiger partial charge is 0.0244 e. The molecule has 0 amide bonds. The zero-order chi connectivity index (χ0) is 11.1. The molecule has 1 N–H and O–H groups in total. The van der Waals surface area contributed by atoms with E-state index < -0.39 is 10.8 Å². The lowest BCUT2D eigenvalue weighted by atomic mass is 10.0. The molecule has 0 aromatic carbocycles. The van der Waals surface area contributed by atoms with Gasteiger partial charge in [-0.15, -0.1) is 0 Å². The molecule has 0 heterocycles. The number of nitrogens with one attached hydrogen (secondary N) is 1. The van der Waals surface area contributed by atoms with E-state index in [0.29, 0.717) is 0 Å². The van der Waals surface area contributed by atoms with Crippen LogP contribution in [0.2, 0.25) is 0 Å². The Kier molecular flexibility index (Phi) is 6.50. The van der Waals surface area contributed by atoms with Crippen molar-refractivity contribution in [2.75, 3.05) is 18.6 Å². The van der Waals surface area contributed by atoms with Crippen molar-refractivity contribution >= 4 is 10.8 Å². The Balaban J connectivity index is 2.07. The summed E-state index contributed by atoms with van der Waals surface area (Å²) in [5, 5.41) is 3.60. The van der Waals surface area contributed by atoms with E-state index >= 15 is 0 Å². The molecule has 0 bridgehead atoms. The third kappa shape index (κ3) is 6.31. The second kappa shape index (κ2) is 7.39. The minimum absolute atomic E-state index is 0.621. The van der Waals surface area contributed by atoms with Crippen molar-refractivity contribution in [3.8, 4) is 0 Å². The van der Waals surface area contributed by atoms with Gasteiger partial charge >= 0.3 is 0 Å². The monoisotopic (exact) mass is 231 g/mol. The van der Waals surface area contributed by atoms with Crippen LogP contribution in [0.1, 0.15) is 45.4 Å². The molecule has 3 heteroatoms. The molecule has 0 radical (unpaired) electrons. The molecule has 0 aliphatic heterocycles. The maximum atomic E-state index is 10.9. The summed E-state index contributed by atoms with van der Waals surface area (Å²) in [7, 11) is -0.621. The fourth-order valence-corrected chi connectivity index (χ4v) is 2.82.